The van der Waals surface area contributed by atoms with E-state index in [2.05, 4.69) is 33.9 Å². The lowest BCUT2D eigenvalue weighted by molar-refractivity contribution is 0.528. The zero-order valence-electron chi connectivity index (χ0n) is 9.34. The van der Waals surface area contributed by atoms with Crippen LogP contribution >= 0.6 is 11.3 Å². The van der Waals surface area contributed by atoms with Crippen molar-refractivity contribution in [2.24, 2.45) is 12.9 Å². The number of hydrogen-bond donors (Lipinski definition) is 2. The number of nitrogens with zero attached hydrogens (tertiary/aromatic N) is 3. The number of rotatable bonds is 4. The molecule has 2 heterocycles. The molecular weight excluding hydrogens is 222 g/mol. The van der Waals surface area contributed by atoms with E-state index in [4.69, 9.17) is 5.84 Å². The normalized spacial score (nSPS) is 12.9. The third-order valence-electron chi connectivity index (χ3n) is 2.61. The second-order valence-electron chi connectivity index (χ2n) is 3.69. The van der Waals surface area contributed by atoms with Gasteiger partial charge in [0.1, 0.15) is 12.2 Å². The van der Waals surface area contributed by atoms with E-state index in [0.29, 0.717) is 0 Å². The van der Waals surface area contributed by atoms with Crippen molar-refractivity contribution in [2.45, 2.75) is 19.4 Å². The number of hydrogen-bond acceptors (Lipinski definition) is 5. The number of hydrazine groups is 1. The molecule has 0 saturated heterocycles. The molecule has 0 aliphatic carbocycles. The predicted octanol–water partition coefficient (Wildman–Crippen LogP) is 0.932. The lowest BCUT2D eigenvalue weighted by Gasteiger charge is -2.14. The van der Waals surface area contributed by atoms with Crippen molar-refractivity contribution in [1.82, 2.24) is 20.2 Å². The molecule has 5 nitrogen and oxygen atoms in total. The molecule has 0 aliphatic heterocycles. The van der Waals surface area contributed by atoms with Crippen LogP contribution in [-0.2, 0) is 13.5 Å². The highest BCUT2D eigenvalue weighted by Crippen LogP contribution is 2.25. The maximum absolute atomic E-state index is 5.60. The van der Waals surface area contributed by atoms with Crippen LogP contribution in [0.1, 0.15) is 22.3 Å². The fraction of sp³-hybridized carbons (Fsp3) is 0.400. The van der Waals surface area contributed by atoms with Gasteiger partial charge in [-0.2, -0.15) is 5.10 Å². The molecular formula is C10H15N5S. The van der Waals surface area contributed by atoms with Crippen LogP contribution in [0.3, 0.4) is 0 Å². The molecule has 3 N–H and O–H groups in total. The van der Waals surface area contributed by atoms with Crippen LogP contribution in [0.15, 0.2) is 17.8 Å². The highest BCUT2D eigenvalue weighted by Gasteiger charge is 2.16. The summed E-state index contributed by atoms with van der Waals surface area (Å²) in [5, 5.41) is 6.12. The second-order valence-corrected chi connectivity index (χ2v) is 4.64. The monoisotopic (exact) mass is 237 g/mol. The molecule has 0 bridgehead atoms. The Balaban J connectivity index is 2.19. The first-order chi connectivity index (χ1) is 7.72. The number of nitrogens with one attached hydrogen (secondary N) is 1. The molecule has 6 heteroatoms. The van der Waals surface area contributed by atoms with E-state index >= 15 is 0 Å². The molecule has 0 fully saturated rings. The summed E-state index contributed by atoms with van der Waals surface area (Å²) in [4.78, 5) is 5.46. The number of aromatic nitrogens is 3. The van der Waals surface area contributed by atoms with E-state index < -0.39 is 0 Å². The van der Waals surface area contributed by atoms with Gasteiger partial charge in [-0.1, -0.05) is 0 Å². The summed E-state index contributed by atoms with van der Waals surface area (Å²) >= 11 is 1.71. The molecule has 0 spiro atoms. The average Bonchev–Trinajstić information content (AvgIpc) is 2.85. The van der Waals surface area contributed by atoms with Crippen molar-refractivity contribution < 1.29 is 0 Å². The molecule has 1 unspecified atom stereocenters. The van der Waals surface area contributed by atoms with E-state index in [1.54, 1.807) is 22.3 Å². The van der Waals surface area contributed by atoms with Crippen LogP contribution in [0, 0.1) is 6.92 Å². The van der Waals surface area contributed by atoms with Crippen LogP contribution in [0.25, 0.3) is 0 Å². The Morgan fingerprint density at radius 2 is 2.44 bits per heavy atom. The van der Waals surface area contributed by atoms with Crippen LogP contribution in [0.5, 0.6) is 0 Å². The van der Waals surface area contributed by atoms with Crippen molar-refractivity contribution in [3.8, 4) is 0 Å². The van der Waals surface area contributed by atoms with Crippen LogP contribution in [0.2, 0.25) is 0 Å². The van der Waals surface area contributed by atoms with Crippen molar-refractivity contribution in [3.05, 3.63) is 34.0 Å². The molecule has 86 valence electrons. The quantitative estimate of drug-likeness (QED) is 0.613. The van der Waals surface area contributed by atoms with Gasteiger partial charge in [-0.05, 0) is 23.9 Å². The number of thiophene rings is 1. The van der Waals surface area contributed by atoms with Gasteiger partial charge in [-0.25, -0.2) is 4.98 Å². The van der Waals surface area contributed by atoms with E-state index in [0.717, 1.165) is 12.2 Å². The summed E-state index contributed by atoms with van der Waals surface area (Å²) in [6.07, 6.45) is 2.30. The van der Waals surface area contributed by atoms with Crippen molar-refractivity contribution in [1.29, 1.82) is 0 Å². The number of aryl methyl sites for hydroxylation is 2. The third-order valence-corrected chi connectivity index (χ3v) is 3.74. The minimum absolute atomic E-state index is 0.0999. The fourth-order valence-electron chi connectivity index (χ4n) is 1.66. The van der Waals surface area contributed by atoms with Crippen molar-refractivity contribution in [3.63, 3.8) is 0 Å². The van der Waals surface area contributed by atoms with Crippen LogP contribution < -0.4 is 11.3 Å². The first kappa shape index (κ1) is 11.3. The maximum Gasteiger partial charge on any atom is 0.138 e. The van der Waals surface area contributed by atoms with Gasteiger partial charge in [0.2, 0.25) is 0 Å². The molecule has 0 aromatic carbocycles. The predicted molar refractivity (Wildman–Crippen MR) is 63.8 cm³/mol. The Morgan fingerprint density at radius 3 is 2.94 bits per heavy atom. The summed E-state index contributed by atoms with van der Waals surface area (Å²) < 4.78 is 1.77. The zero-order chi connectivity index (χ0) is 11.5. The Hall–Kier alpha value is -1.24. The van der Waals surface area contributed by atoms with Crippen molar-refractivity contribution in [2.75, 3.05) is 0 Å². The zero-order valence-corrected chi connectivity index (χ0v) is 10.2. The van der Waals surface area contributed by atoms with Crippen molar-refractivity contribution >= 4 is 11.3 Å². The molecule has 0 radical (unpaired) electrons. The smallest absolute Gasteiger partial charge is 0.138 e. The van der Waals surface area contributed by atoms with Gasteiger partial charge >= 0.3 is 0 Å². The lowest BCUT2D eigenvalue weighted by Crippen LogP contribution is -2.30. The topological polar surface area (TPSA) is 68.8 Å². The Morgan fingerprint density at radius 1 is 1.62 bits per heavy atom. The fourth-order valence-corrected chi connectivity index (χ4v) is 2.64. The molecule has 16 heavy (non-hydrogen) atoms. The highest BCUT2D eigenvalue weighted by molar-refractivity contribution is 7.10. The van der Waals surface area contributed by atoms with Gasteiger partial charge in [-0.15, -0.1) is 11.3 Å². The molecule has 0 amide bonds. The average molecular weight is 237 g/mol. The molecule has 1 atom stereocenters. The van der Waals surface area contributed by atoms with Gasteiger partial charge in [0.25, 0.3) is 0 Å². The van der Waals surface area contributed by atoms with Crippen LogP contribution in [-0.4, -0.2) is 14.8 Å². The van der Waals surface area contributed by atoms with E-state index in [1.165, 1.54) is 10.4 Å². The van der Waals surface area contributed by atoms with E-state index in [1.807, 2.05) is 7.05 Å². The Kier molecular flexibility index (Phi) is 3.33. The largest absolute Gasteiger partial charge is 0.271 e. The third kappa shape index (κ3) is 2.13. The highest BCUT2D eigenvalue weighted by atomic mass is 32.1. The van der Waals surface area contributed by atoms with Crippen LogP contribution in [0.4, 0.5) is 0 Å². The van der Waals surface area contributed by atoms with Gasteiger partial charge in [0.05, 0.1) is 6.04 Å². The lowest BCUT2D eigenvalue weighted by atomic mass is 10.1. The summed E-state index contributed by atoms with van der Waals surface area (Å²) in [5.41, 5.74) is 4.10. The standard InChI is InChI=1S/C10H15N5S/c1-7-3-4-16-10(7)8(14-11)5-9-12-6-13-15(9)2/h3-4,6,8,14H,5,11H2,1-2H3. The first-order valence-electron chi connectivity index (χ1n) is 5.05. The van der Waals surface area contributed by atoms with Gasteiger partial charge in [-0.3, -0.25) is 16.0 Å². The summed E-state index contributed by atoms with van der Waals surface area (Å²) in [7, 11) is 1.89. The first-order valence-corrected chi connectivity index (χ1v) is 5.93. The molecule has 2 aromatic rings. The minimum Gasteiger partial charge on any atom is -0.271 e. The Bertz CT molecular complexity index is 461. The molecule has 2 aromatic heterocycles. The summed E-state index contributed by atoms with van der Waals surface area (Å²) in [5.74, 6) is 6.53. The molecule has 0 aliphatic rings. The van der Waals surface area contributed by atoms with Gasteiger partial charge < -0.3 is 0 Å². The van der Waals surface area contributed by atoms with Gasteiger partial charge in [0, 0.05) is 18.3 Å². The SMILES string of the molecule is Cc1ccsc1C(Cc1ncnn1C)NN. The maximum atomic E-state index is 5.60. The second kappa shape index (κ2) is 4.73. The Labute approximate surface area is 98.3 Å². The summed E-state index contributed by atoms with van der Waals surface area (Å²) in [6, 6.07) is 2.20. The van der Waals surface area contributed by atoms with E-state index in [9.17, 15) is 0 Å². The summed E-state index contributed by atoms with van der Waals surface area (Å²) in [6.45, 7) is 2.09. The molecule has 0 saturated carbocycles. The van der Waals surface area contributed by atoms with Gasteiger partial charge in [0.15, 0.2) is 0 Å². The molecule has 2 rings (SSSR count). The number of nitrogens with two attached hydrogens (primary N) is 1. The minimum atomic E-state index is 0.0999. The van der Waals surface area contributed by atoms with E-state index in [-0.39, 0.29) is 6.04 Å².